The first-order valence-electron chi connectivity index (χ1n) is 9.47. The Morgan fingerprint density at radius 2 is 1.97 bits per heavy atom. The molecule has 1 atom stereocenters. The lowest BCUT2D eigenvalue weighted by Crippen LogP contribution is -2.43. The van der Waals surface area contributed by atoms with Crippen LogP contribution in [0.1, 0.15) is 12.5 Å². The van der Waals surface area contributed by atoms with Gasteiger partial charge in [0.15, 0.2) is 6.61 Å². The van der Waals surface area contributed by atoms with Crippen LogP contribution in [-0.4, -0.2) is 40.3 Å². The summed E-state index contributed by atoms with van der Waals surface area (Å²) in [6.45, 7) is 0.470. The summed E-state index contributed by atoms with van der Waals surface area (Å²) in [6, 6.07) is 9.00. The number of esters is 1. The maximum Gasteiger partial charge on any atom is 0.329 e. The number of nitro benzene ring substituents is 1. The van der Waals surface area contributed by atoms with Crippen molar-refractivity contribution in [2.45, 2.75) is 19.4 Å². The van der Waals surface area contributed by atoms with E-state index in [1.807, 2.05) is 24.3 Å². The van der Waals surface area contributed by atoms with E-state index in [2.05, 4.69) is 15.6 Å². The van der Waals surface area contributed by atoms with Crippen LogP contribution in [0.25, 0.3) is 10.9 Å². The molecule has 3 N–H and O–H groups in total. The molecule has 1 aromatic heterocycles. The molecule has 0 radical (unpaired) electrons. The summed E-state index contributed by atoms with van der Waals surface area (Å²) in [5, 5.41) is 16.3. The highest BCUT2D eigenvalue weighted by Gasteiger charge is 2.24. The fourth-order valence-corrected chi connectivity index (χ4v) is 3.11. The van der Waals surface area contributed by atoms with Gasteiger partial charge in [-0.15, -0.1) is 0 Å². The average Bonchev–Trinajstić information content (AvgIpc) is 3.15. The van der Waals surface area contributed by atoms with Crippen LogP contribution in [0.5, 0.6) is 0 Å². The number of H-pyrrole nitrogens is 1. The summed E-state index contributed by atoms with van der Waals surface area (Å²) in [4.78, 5) is 49.3. The number of carbonyl (C=O) groups is 3. The molecule has 1 unspecified atom stereocenters. The van der Waals surface area contributed by atoms with E-state index in [0.29, 0.717) is 0 Å². The molecule has 32 heavy (non-hydrogen) atoms. The van der Waals surface area contributed by atoms with Crippen LogP contribution in [0.3, 0.4) is 0 Å². The van der Waals surface area contributed by atoms with Crippen LogP contribution in [0.4, 0.5) is 15.8 Å². The van der Waals surface area contributed by atoms with Crippen molar-refractivity contribution in [3.8, 4) is 0 Å². The molecule has 166 valence electrons. The van der Waals surface area contributed by atoms with Crippen molar-refractivity contribution < 1.29 is 28.4 Å². The lowest BCUT2D eigenvalue weighted by atomic mass is 10.0. The second-order valence-electron chi connectivity index (χ2n) is 6.89. The van der Waals surface area contributed by atoms with Crippen LogP contribution in [-0.2, 0) is 25.5 Å². The largest absolute Gasteiger partial charge is 0.454 e. The van der Waals surface area contributed by atoms with Crippen LogP contribution in [0, 0.1) is 15.9 Å². The van der Waals surface area contributed by atoms with Gasteiger partial charge in [0.2, 0.25) is 5.91 Å². The Hall–Kier alpha value is -4.28. The second-order valence-corrected chi connectivity index (χ2v) is 6.89. The molecule has 1 heterocycles. The molecular weight excluding hydrogens is 423 g/mol. The van der Waals surface area contributed by atoms with Gasteiger partial charge in [0.05, 0.1) is 10.6 Å². The summed E-state index contributed by atoms with van der Waals surface area (Å²) in [5.41, 5.74) is 0.788. The van der Waals surface area contributed by atoms with Crippen LogP contribution in [0.2, 0.25) is 0 Å². The SMILES string of the molecule is CC(=O)NC(Cc1c[nH]c2ccccc12)C(=O)OCC(=O)Nc1cc([N+](=O)[O-])ccc1F. The van der Waals surface area contributed by atoms with Crippen molar-refractivity contribution in [2.24, 2.45) is 0 Å². The van der Waals surface area contributed by atoms with E-state index in [1.54, 1.807) is 6.20 Å². The molecular formula is C21H19FN4O6. The number of benzene rings is 2. The minimum Gasteiger partial charge on any atom is -0.454 e. The van der Waals surface area contributed by atoms with Gasteiger partial charge in [0, 0.05) is 42.6 Å². The third-order valence-electron chi connectivity index (χ3n) is 4.54. The van der Waals surface area contributed by atoms with E-state index in [9.17, 15) is 28.9 Å². The summed E-state index contributed by atoms with van der Waals surface area (Å²) in [6.07, 6.45) is 1.83. The van der Waals surface area contributed by atoms with Gasteiger partial charge in [-0.3, -0.25) is 19.7 Å². The first-order chi connectivity index (χ1) is 15.2. The number of halogens is 1. The third-order valence-corrected chi connectivity index (χ3v) is 4.54. The van der Waals surface area contributed by atoms with Crippen LogP contribution >= 0.6 is 0 Å². The van der Waals surface area contributed by atoms with Gasteiger partial charge < -0.3 is 20.4 Å². The minimum absolute atomic E-state index is 0.115. The Bertz CT molecular complexity index is 1190. The number of aromatic amines is 1. The molecule has 0 fully saturated rings. The highest BCUT2D eigenvalue weighted by molar-refractivity contribution is 5.94. The van der Waals surface area contributed by atoms with E-state index < -0.39 is 52.5 Å². The number of amides is 2. The van der Waals surface area contributed by atoms with Crippen molar-refractivity contribution in [1.29, 1.82) is 0 Å². The highest BCUT2D eigenvalue weighted by Crippen LogP contribution is 2.21. The molecule has 3 aromatic rings. The number of para-hydroxylation sites is 1. The first kappa shape index (κ1) is 22.4. The summed E-state index contributed by atoms with van der Waals surface area (Å²) >= 11 is 0. The molecule has 2 aromatic carbocycles. The van der Waals surface area contributed by atoms with E-state index in [1.165, 1.54) is 6.92 Å². The van der Waals surface area contributed by atoms with Gasteiger partial charge in [-0.05, 0) is 17.7 Å². The quantitative estimate of drug-likeness (QED) is 0.278. The molecule has 2 amide bonds. The third kappa shape index (κ3) is 5.45. The molecule has 0 aliphatic rings. The van der Waals surface area contributed by atoms with Gasteiger partial charge in [0.1, 0.15) is 11.9 Å². The Labute approximate surface area is 180 Å². The zero-order chi connectivity index (χ0) is 23.3. The second kappa shape index (κ2) is 9.69. The number of nitrogens with one attached hydrogen (secondary N) is 3. The minimum atomic E-state index is -1.06. The number of anilines is 1. The molecule has 3 rings (SSSR count). The summed E-state index contributed by atoms with van der Waals surface area (Å²) < 4.78 is 18.8. The Kier molecular flexibility index (Phi) is 6.78. The van der Waals surface area contributed by atoms with E-state index in [-0.39, 0.29) is 6.42 Å². The first-order valence-corrected chi connectivity index (χ1v) is 9.47. The maximum absolute atomic E-state index is 13.8. The Balaban J connectivity index is 1.65. The smallest absolute Gasteiger partial charge is 0.329 e. The monoisotopic (exact) mass is 442 g/mol. The Morgan fingerprint density at radius 3 is 2.69 bits per heavy atom. The predicted molar refractivity (Wildman–Crippen MR) is 112 cm³/mol. The van der Waals surface area contributed by atoms with Gasteiger partial charge in [-0.25, -0.2) is 9.18 Å². The Morgan fingerprint density at radius 1 is 1.22 bits per heavy atom. The van der Waals surface area contributed by atoms with E-state index in [4.69, 9.17) is 4.74 Å². The molecule has 0 aliphatic carbocycles. The molecule has 10 nitrogen and oxygen atoms in total. The molecule has 0 saturated carbocycles. The average molecular weight is 442 g/mol. The lowest BCUT2D eigenvalue weighted by molar-refractivity contribution is -0.384. The number of rotatable bonds is 8. The predicted octanol–water partition coefficient (Wildman–Crippen LogP) is 2.44. The van der Waals surface area contributed by atoms with E-state index >= 15 is 0 Å². The van der Waals surface area contributed by atoms with Gasteiger partial charge in [-0.2, -0.15) is 0 Å². The van der Waals surface area contributed by atoms with Crippen molar-refractivity contribution >= 4 is 40.1 Å². The lowest BCUT2D eigenvalue weighted by Gasteiger charge is -2.16. The standard InChI is InChI=1S/C21H19FN4O6/c1-12(27)24-19(8-13-10-23-17-5-3-2-4-15(13)17)21(29)32-11-20(28)25-18-9-14(26(30)31)6-7-16(18)22/h2-7,9-10,19,23H,8,11H2,1H3,(H,24,27)(H,25,28). The van der Waals surface area contributed by atoms with Crippen LogP contribution in [0.15, 0.2) is 48.7 Å². The number of nitrogens with zero attached hydrogens (tertiary/aromatic N) is 1. The number of ether oxygens (including phenoxy) is 1. The number of fused-ring (bicyclic) bond motifs is 1. The fourth-order valence-electron chi connectivity index (χ4n) is 3.11. The van der Waals surface area contributed by atoms with Crippen molar-refractivity contribution in [1.82, 2.24) is 10.3 Å². The zero-order valence-electron chi connectivity index (χ0n) is 16.9. The summed E-state index contributed by atoms with van der Waals surface area (Å²) in [7, 11) is 0. The molecule has 0 aliphatic heterocycles. The molecule has 0 spiro atoms. The van der Waals surface area contributed by atoms with Crippen molar-refractivity contribution in [3.63, 3.8) is 0 Å². The number of non-ortho nitro benzene ring substituents is 1. The number of hydrogen-bond acceptors (Lipinski definition) is 6. The summed E-state index contributed by atoms with van der Waals surface area (Å²) in [5.74, 6) is -3.10. The van der Waals surface area contributed by atoms with E-state index in [0.717, 1.165) is 34.7 Å². The number of hydrogen-bond donors (Lipinski definition) is 3. The van der Waals surface area contributed by atoms with Crippen molar-refractivity contribution in [2.75, 3.05) is 11.9 Å². The van der Waals surface area contributed by atoms with Gasteiger partial charge in [0.25, 0.3) is 11.6 Å². The number of nitro groups is 1. The molecule has 11 heteroatoms. The topological polar surface area (TPSA) is 143 Å². The maximum atomic E-state index is 13.8. The van der Waals surface area contributed by atoms with Crippen LogP contribution < -0.4 is 10.6 Å². The normalized spacial score (nSPS) is 11.6. The highest BCUT2D eigenvalue weighted by atomic mass is 19.1. The number of aromatic nitrogens is 1. The molecule has 0 bridgehead atoms. The van der Waals surface area contributed by atoms with Gasteiger partial charge in [-0.1, -0.05) is 18.2 Å². The molecule has 0 saturated heterocycles. The fraction of sp³-hybridized carbons (Fsp3) is 0.190. The zero-order valence-corrected chi connectivity index (χ0v) is 16.9. The van der Waals surface area contributed by atoms with Gasteiger partial charge >= 0.3 is 5.97 Å². The number of carbonyl (C=O) groups excluding carboxylic acids is 3. The van der Waals surface area contributed by atoms with Crippen molar-refractivity contribution in [3.05, 3.63) is 70.2 Å².